The molecular formula is C19H23N3O4. The van der Waals surface area contributed by atoms with E-state index in [-0.39, 0.29) is 24.1 Å². The van der Waals surface area contributed by atoms with Crippen molar-refractivity contribution in [2.45, 2.75) is 12.5 Å². The molecule has 1 amide bonds. The topological polar surface area (TPSA) is 84.7 Å². The highest BCUT2D eigenvalue weighted by atomic mass is 16.6. The molecule has 2 rings (SSSR count). The number of hydrogen-bond acceptors (Lipinski definition) is 5. The second kappa shape index (κ2) is 8.96. The summed E-state index contributed by atoms with van der Waals surface area (Å²) in [6, 6.07) is 13.7. The van der Waals surface area contributed by atoms with Crippen LogP contribution >= 0.6 is 0 Å². The lowest BCUT2D eigenvalue weighted by Crippen LogP contribution is -2.35. The molecule has 1 atom stereocenters. The number of ether oxygens (including phenoxy) is 1. The highest BCUT2D eigenvalue weighted by Gasteiger charge is 2.19. The van der Waals surface area contributed by atoms with Crippen molar-refractivity contribution >= 4 is 11.6 Å². The van der Waals surface area contributed by atoms with E-state index in [1.807, 2.05) is 43.3 Å². The Morgan fingerprint density at radius 3 is 2.42 bits per heavy atom. The molecule has 1 N–H and O–H groups in total. The van der Waals surface area contributed by atoms with Crippen molar-refractivity contribution in [1.82, 2.24) is 10.2 Å². The molecule has 0 heterocycles. The summed E-state index contributed by atoms with van der Waals surface area (Å²) in [4.78, 5) is 24.5. The van der Waals surface area contributed by atoms with Gasteiger partial charge in [-0.2, -0.15) is 0 Å². The second-order valence-corrected chi connectivity index (χ2v) is 6.13. The van der Waals surface area contributed by atoms with Crippen LogP contribution in [0.1, 0.15) is 17.2 Å². The number of hydrogen-bond donors (Lipinski definition) is 1. The summed E-state index contributed by atoms with van der Waals surface area (Å²) in [6.07, 6.45) is 0.171. The number of nitrogens with one attached hydrogen (secondary N) is 1. The number of carbonyl (C=O) groups excluding carboxylic acids is 1. The van der Waals surface area contributed by atoms with E-state index in [9.17, 15) is 14.9 Å². The maximum Gasteiger partial charge on any atom is 0.269 e. The van der Waals surface area contributed by atoms with Gasteiger partial charge in [0, 0.05) is 24.2 Å². The molecule has 138 valence electrons. The van der Waals surface area contributed by atoms with Gasteiger partial charge >= 0.3 is 0 Å². The summed E-state index contributed by atoms with van der Waals surface area (Å²) in [6.45, 7) is 0.430. The van der Waals surface area contributed by atoms with Crippen LogP contribution in [-0.4, -0.2) is 43.5 Å². The third-order valence-electron chi connectivity index (χ3n) is 4.13. The number of rotatable bonds is 8. The Balaban J connectivity index is 2.00. The van der Waals surface area contributed by atoms with Crippen molar-refractivity contribution in [3.8, 4) is 5.75 Å². The predicted molar refractivity (Wildman–Crippen MR) is 99.2 cm³/mol. The molecular weight excluding hydrogens is 334 g/mol. The molecule has 7 heteroatoms. The van der Waals surface area contributed by atoms with Gasteiger partial charge in [0.05, 0.1) is 24.5 Å². The van der Waals surface area contributed by atoms with E-state index >= 15 is 0 Å². The van der Waals surface area contributed by atoms with Crippen LogP contribution in [0.4, 0.5) is 5.69 Å². The number of benzene rings is 2. The maximum absolute atomic E-state index is 12.2. The van der Waals surface area contributed by atoms with Crippen LogP contribution in [0, 0.1) is 10.1 Å². The van der Waals surface area contributed by atoms with Crippen LogP contribution in [0.3, 0.4) is 0 Å². The minimum Gasteiger partial charge on any atom is -0.496 e. The van der Waals surface area contributed by atoms with Crippen LogP contribution in [0.25, 0.3) is 0 Å². The van der Waals surface area contributed by atoms with Crippen LogP contribution in [0.5, 0.6) is 5.75 Å². The lowest BCUT2D eigenvalue weighted by Gasteiger charge is -2.26. The van der Waals surface area contributed by atoms with E-state index in [1.165, 1.54) is 12.1 Å². The molecule has 7 nitrogen and oxygen atoms in total. The first-order valence-corrected chi connectivity index (χ1v) is 8.21. The second-order valence-electron chi connectivity index (χ2n) is 6.13. The number of nitro benzene ring substituents is 1. The predicted octanol–water partition coefficient (Wildman–Crippen LogP) is 2.57. The van der Waals surface area contributed by atoms with Crippen molar-refractivity contribution in [3.05, 3.63) is 69.8 Å². The van der Waals surface area contributed by atoms with E-state index in [1.54, 1.807) is 19.2 Å². The zero-order valence-electron chi connectivity index (χ0n) is 15.1. The molecule has 0 aliphatic heterocycles. The lowest BCUT2D eigenvalue weighted by molar-refractivity contribution is -0.384. The number of non-ortho nitro benzene ring substituents is 1. The van der Waals surface area contributed by atoms with Crippen molar-refractivity contribution < 1.29 is 14.5 Å². The lowest BCUT2D eigenvalue weighted by atomic mass is 10.0. The number of carbonyl (C=O) groups is 1. The molecule has 0 aromatic heterocycles. The fraction of sp³-hybridized carbons (Fsp3) is 0.316. The number of methoxy groups -OCH3 is 1. The Morgan fingerprint density at radius 1 is 1.19 bits per heavy atom. The SMILES string of the molecule is COc1ccccc1C(CNC(=O)Cc1ccc([N+](=O)[O-])cc1)N(C)C. The highest BCUT2D eigenvalue weighted by Crippen LogP contribution is 2.27. The smallest absolute Gasteiger partial charge is 0.269 e. The zero-order chi connectivity index (χ0) is 19.1. The first kappa shape index (κ1) is 19.4. The molecule has 26 heavy (non-hydrogen) atoms. The molecule has 0 aliphatic rings. The summed E-state index contributed by atoms with van der Waals surface area (Å²) in [7, 11) is 5.51. The van der Waals surface area contributed by atoms with Gasteiger partial charge in [0.15, 0.2) is 0 Å². The molecule has 0 radical (unpaired) electrons. The normalized spacial score (nSPS) is 11.8. The summed E-state index contributed by atoms with van der Waals surface area (Å²) in [5.74, 6) is 0.636. The van der Waals surface area contributed by atoms with Gasteiger partial charge in [0.25, 0.3) is 5.69 Å². The minimum absolute atomic E-state index is 0.0120. The Bertz CT molecular complexity index is 760. The van der Waals surface area contributed by atoms with Crippen LogP contribution in [0.2, 0.25) is 0 Å². The summed E-state index contributed by atoms with van der Waals surface area (Å²) in [5.41, 5.74) is 1.74. The molecule has 0 spiro atoms. The van der Waals surface area contributed by atoms with Gasteiger partial charge in [-0.3, -0.25) is 14.9 Å². The molecule has 0 saturated carbocycles. The Morgan fingerprint density at radius 2 is 1.85 bits per heavy atom. The fourth-order valence-corrected chi connectivity index (χ4v) is 2.71. The third-order valence-corrected chi connectivity index (χ3v) is 4.13. The molecule has 0 bridgehead atoms. The van der Waals surface area contributed by atoms with Crippen molar-refractivity contribution in [1.29, 1.82) is 0 Å². The third kappa shape index (κ3) is 5.03. The Kier molecular flexibility index (Phi) is 6.68. The number of para-hydroxylation sites is 1. The number of likely N-dealkylation sites (N-methyl/N-ethyl adjacent to an activating group) is 1. The average Bonchev–Trinajstić information content (AvgIpc) is 2.62. The van der Waals surface area contributed by atoms with Crippen molar-refractivity contribution in [2.75, 3.05) is 27.7 Å². The Labute approximate surface area is 152 Å². The van der Waals surface area contributed by atoms with Gasteiger partial charge in [-0.25, -0.2) is 0 Å². The van der Waals surface area contributed by atoms with Crippen LogP contribution in [-0.2, 0) is 11.2 Å². The fourth-order valence-electron chi connectivity index (χ4n) is 2.71. The summed E-state index contributed by atoms with van der Waals surface area (Å²) in [5, 5.41) is 13.6. The van der Waals surface area contributed by atoms with Gasteiger partial charge < -0.3 is 15.0 Å². The molecule has 2 aromatic rings. The summed E-state index contributed by atoms with van der Waals surface area (Å²) < 4.78 is 5.42. The van der Waals surface area contributed by atoms with Crippen molar-refractivity contribution in [3.63, 3.8) is 0 Å². The number of nitro groups is 1. The van der Waals surface area contributed by atoms with Gasteiger partial charge in [-0.05, 0) is 25.7 Å². The first-order chi connectivity index (χ1) is 12.4. The molecule has 1 unspecified atom stereocenters. The minimum atomic E-state index is -0.460. The van der Waals surface area contributed by atoms with Gasteiger partial charge in [-0.1, -0.05) is 30.3 Å². The molecule has 0 fully saturated rings. The number of amides is 1. The van der Waals surface area contributed by atoms with Crippen LogP contribution < -0.4 is 10.1 Å². The van der Waals surface area contributed by atoms with Crippen molar-refractivity contribution in [2.24, 2.45) is 0 Å². The average molecular weight is 357 g/mol. The first-order valence-electron chi connectivity index (χ1n) is 8.21. The van der Waals surface area contributed by atoms with E-state index < -0.39 is 4.92 Å². The number of nitrogens with zero attached hydrogens (tertiary/aromatic N) is 2. The van der Waals surface area contributed by atoms with Gasteiger partial charge in [-0.15, -0.1) is 0 Å². The molecule has 2 aromatic carbocycles. The maximum atomic E-state index is 12.2. The van der Waals surface area contributed by atoms with E-state index in [0.717, 1.165) is 16.9 Å². The largest absolute Gasteiger partial charge is 0.496 e. The van der Waals surface area contributed by atoms with E-state index in [2.05, 4.69) is 5.32 Å². The van der Waals surface area contributed by atoms with E-state index in [0.29, 0.717) is 6.54 Å². The van der Waals surface area contributed by atoms with Crippen LogP contribution in [0.15, 0.2) is 48.5 Å². The molecule has 0 aliphatic carbocycles. The quantitative estimate of drug-likeness (QED) is 0.580. The van der Waals surface area contributed by atoms with Gasteiger partial charge in [0.2, 0.25) is 5.91 Å². The van der Waals surface area contributed by atoms with E-state index in [4.69, 9.17) is 4.74 Å². The molecule has 0 saturated heterocycles. The highest BCUT2D eigenvalue weighted by molar-refractivity contribution is 5.78. The monoisotopic (exact) mass is 357 g/mol. The van der Waals surface area contributed by atoms with Gasteiger partial charge in [0.1, 0.15) is 5.75 Å². The standard InChI is InChI=1S/C19H23N3O4/c1-21(2)17(16-6-4-5-7-18(16)26-3)13-20-19(23)12-14-8-10-15(11-9-14)22(24)25/h4-11,17H,12-13H2,1-3H3,(H,20,23). The summed E-state index contributed by atoms with van der Waals surface area (Å²) >= 11 is 0. The zero-order valence-corrected chi connectivity index (χ0v) is 15.1. The Hall–Kier alpha value is -2.93.